The summed E-state index contributed by atoms with van der Waals surface area (Å²) in [5, 5.41) is 10.7. The second kappa shape index (κ2) is 6.53. The molecular formula is C16H17N3O3. The fourth-order valence-electron chi connectivity index (χ4n) is 2.60. The molecule has 1 aliphatic rings. The summed E-state index contributed by atoms with van der Waals surface area (Å²) in [7, 11) is 0. The molecular weight excluding hydrogens is 282 g/mol. The zero-order valence-corrected chi connectivity index (χ0v) is 12.1. The molecule has 0 bridgehead atoms. The molecule has 0 N–H and O–H groups in total. The van der Waals surface area contributed by atoms with Crippen molar-refractivity contribution in [2.24, 2.45) is 0 Å². The summed E-state index contributed by atoms with van der Waals surface area (Å²) >= 11 is 0. The normalized spacial score (nSPS) is 18.2. The molecule has 0 spiro atoms. The Balaban J connectivity index is 1.66. The summed E-state index contributed by atoms with van der Waals surface area (Å²) in [5.41, 5.74) is 1.25. The molecule has 0 saturated carbocycles. The van der Waals surface area contributed by atoms with Gasteiger partial charge in [-0.15, -0.1) is 0 Å². The van der Waals surface area contributed by atoms with Gasteiger partial charge in [0.25, 0.3) is 5.69 Å². The Bertz CT molecular complexity index is 631. The molecule has 2 aromatic rings. The third kappa shape index (κ3) is 3.40. The molecule has 0 amide bonds. The van der Waals surface area contributed by atoms with E-state index in [1.165, 1.54) is 17.8 Å². The third-order valence-electron chi connectivity index (χ3n) is 3.71. The summed E-state index contributed by atoms with van der Waals surface area (Å²) in [6.07, 6.45) is 2.26. The minimum Gasteiger partial charge on any atom is -0.374 e. The highest BCUT2D eigenvalue weighted by Crippen LogP contribution is 2.19. The standard InChI is InChI=1S/C16H17N3O3/c20-19(21)14-6-7-16(17-11-14)18-8-9-22-15(12-18)10-13-4-2-1-3-5-13/h1-7,11,15H,8-10,12H2/t15-/m1/s1. The molecule has 0 aliphatic carbocycles. The monoisotopic (exact) mass is 299 g/mol. The molecule has 2 heterocycles. The average molecular weight is 299 g/mol. The van der Waals surface area contributed by atoms with Crippen LogP contribution in [0.25, 0.3) is 0 Å². The first-order chi connectivity index (χ1) is 10.7. The van der Waals surface area contributed by atoms with Crippen LogP contribution in [0.5, 0.6) is 0 Å². The Morgan fingerprint density at radius 1 is 1.27 bits per heavy atom. The first-order valence-corrected chi connectivity index (χ1v) is 7.23. The van der Waals surface area contributed by atoms with E-state index in [0.717, 1.165) is 25.3 Å². The molecule has 0 unspecified atom stereocenters. The Labute approximate surface area is 128 Å². The SMILES string of the molecule is O=[N+]([O-])c1ccc(N2CCO[C@H](Cc3ccccc3)C2)nc1. The molecule has 1 aliphatic heterocycles. The number of hydrogen-bond acceptors (Lipinski definition) is 5. The number of benzene rings is 1. The van der Waals surface area contributed by atoms with Gasteiger partial charge in [-0.1, -0.05) is 30.3 Å². The van der Waals surface area contributed by atoms with Crippen molar-refractivity contribution in [2.75, 3.05) is 24.6 Å². The van der Waals surface area contributed by atoms with Crippen LogP contribution in [0.2, 0.25) is 0 Å². The number of pyridine rings is 1. The van der Waals surface area contributed by atoms with E-state index in [0.29, 0.717) is 6.61 Å². The van der Waals surface area contributed by atoms with Crippen LogP contribution in [-0.2, 0) is 11.2 Å². The minimum absolute atomic E-state index is 0.0119. The molecule has 1 atom stereocenters. The molecule has 1 aromatic heterocycles. The van der Waals surface area contributed by atoms with Crippen molar-refractivity contribution in [1.29, 1.82) is 0 Å². The first kappa shape index (κ1) is 14.5. The number of ether oxygens (including phenoxy) is 1. The highest BCUT2D eigenvalue weighted by Gasteiger charge is 2.22. The van der Waals surface area contributed by atoms with Crippen LogP contribution < -0.4 is 4.90 Å². The maximum absolute atomic E-state index is 10.7. The Morgan fingerprint density at radius 2 is 2.09 bits per heavy atom. The number of rotatable bonds is 4. The lowest BCUT2D eigenvalue weighted by atomic mass is 10.1. The van der Waals surface area contributed by atoms with Gasteiger partial charge in [-0.05, 0) is 11.6 Å². The van der Waals surface area contributed by atoms with Gasteiger partial charge in [0.1, 0.15) is 12.0 Å². The Morgan fingerprint density at radius 3 is 2.77 bits per heavy atom. The van der Waals surface area contributed by atoms with Gasteiger partial charge >= 0.3 is 0 Å². The summed E-state index contributed by atoms with van der Waals surface area (Å²) in [4.78, 5) is 16.5. The molecule has 3 rings (SSSR count). The fourth-order valence-corrected chi connectivity index (χ4v) is 2.60. The lowest BCUT2D eigenvalue weighted by Gasteiger charge is -2.33. The van der Waals surface area contributed by atoms with Gasteiger partial charge in [-0.3, -0.25) is 10.1 Å². The number of nitro groups is 1. The van der Waals surface area contributed by atoms with Gasteiger partial charge in [0, 0.05) is 25.6 Å². The highest BCUT2D eigenvalue weighted by atomic mass is 16.6. The summed E-state index contributed by atoms with van der Waals surface area (Å²) < 4.78 is 5.82. The molecule has 1 aromatic carbocycles. The first-order valence-electron chi connectivity index (χ1n) is 7.23. The predicted octanol–water partition coefficient (Wildman–Crippen LogP) is 2.44. The van der Waals surface area contributed by atoms with Crippen molar-refractivity contribution in [3.8, 4) is 0 Å². The van der Waals surface area contributed by atoms with E-state index in [-0.39, 0.29) is 11.8 Å². The maximum atomic E-state index is 10.7. The van der Waals surface area contributed by atoms with Gasteiger partial charge in [-0.25, -0.2) is 4.98 Å². The molecule has 1 fully saturated rings. The van der Waals surface area contributed by atoms with Gasteiger partial charge in [0.15, 0.2) is 0 Å². The van der Waals surface area contributed by atoms with E-state index < -0.39 is 4.92 Å². The van der Waals surface area contributed by atoms with Crippen LogP contribution in [0.1, 0.15) is 5.56 Å². The highest BCUT2D eigenvalue weighted by molar-refractivity contribution is 5.43. The Kier molecular flexibility index (Phi) is 4.29. The van der Waals surface area contributed by atoms with E-state index in [1.807, 2.05) is 18.2 Å². The lowest BCUT2D eigenvalue weighted by molar-refractivity contribution is -0.385. The van der Waals surface area contributed by atoms with Crippen LogP contribution in [0.4, 0.5) is 11.5 Å². The fraction of sp³-hybridized carbons (Fsp3) is 0.312. The van der Waals surface area contributed by atoms with Gasteiger partial charge in [0.05, 0.1) is 17.6 Å². The van der Waals surface area contributed by atoms with Gasteiger partial charge < -0.3 is 9.64 Å². The van der Waals surface area contributed by atoms with E-state index >= 15 is 0 Å². The largest absolute Gasteiger partial charge is 0.374 e. The molecule has 6 heteroatoms. The van der Waals surface area contributed by atoms with Crippen LogP contribution in [0, 0.1) is 10.1 Å². The number of hydrogen-bond donors (Lipinski definition) is 0. The zero-order chi connectivity index (χ0) is 15.4. The molecule has 114 valence electrons. The predicted molar refractivity (Wildman–Crippen MR) is 83.0 cm³/mol. The van der Waals surface area contributed by atoms with Crippen molar-refractivity contribution in [3.05, 3.63) is 64.3 Å². The number of morpholine rings is 1. The van der Waals surface area contributed by atoms with Crippen molar-refractivity contribution in [1.82, 2.24) is 4.98 Å². The quantitative estimate of drug-likeness (QED) is 0.640. The van der Waals surface area contributed by atoms with E-state index in [2.05, 4.69) is 22.0 Å². The topological polar surface area (TPSA) is 68.5 Å². The van der Waals surface area contributed by atoms with E-state index in [9.17, 15) is 10.1 Å². The number of aromatic nitrogens is 1. The van der Waals surface area contributed by atoms with Crippen LogP contribution >= 0.6 is 0 Å². The van der Waals surface area contributed by atoms with Gasteiger partial charge in [0.2, 0.25) is 0 Å². The van der Waals surface area contributed by atoms with Gasteiger partial charge in [-0.2, -0.15) is 0 Å². The smallest absolute Gasteiger partial charge is 0.287 e. The molecule has 0 radical (unpaired) electrons. The van der Waals surface area contributed by atoms with E-state index in [1.54, 1.807) is 6.07 Å². The third-order valence-corrected chi connectivity index (χ3v) is 3.71. The number of anilines is 1. The zero-order valence-electron chi connectivity index (χ0n) is 12.1. The van der Waals surface area contributed by atoms with Crippen molar-refractivity contribution >= 4 is 11.5 Å². The molecule has 22 heavy (non-hydrogen) atoms. The van der Waals surface area contributed by atoms with Crippen molar-refractivity contribution in [2.45, 2.75) is 12.5 Å². The van der Waals surface area contributed by atoms with Crippen molar-refractivity contribution in [3.63, 3.8) is 0 Å². The molecule has 6 nitrogen and oxygen atoms in total. The summed E-state index contributed by atoms with van der Waals surface area (Å²) in [5.74, 6) is 0.756. The van der Waals surface area contributed by atoms with E-state index in [4.69, 9.17) is 4.74 Å². The Hall–Kier alpha value is -2.47. The van der Waals surface area contributed by atoms with Crippen molar-refractivity contribution < 1.29 is 9.66 Å². The van der Waals surface area contributed by atoms with Crippen LogP contribution in [0.3, 0.4) is 0 Å². The second-order valence-electron chi connectivity index (χ2n) is 5.26. The average Bonchev–Trinajstić information content (AvgIpc) is 2.56. The maximum Gasteiger partial charge on any atom is 0.287 e. The van der Waals surface area contributed by atoms with Crippen LogP contribution in [0.15, 0.2) is 48.7 Å². The number of nitrogens with zero attached hydrogens (tertiary/aromatic N) is 3. The molecule has 1 saturated heterocycles. The summed E-state index contributed by atoms with van der Waals surface area (Å²) in [6.45, 7) is 2.12. The second-order valence-corrected chi connectivity index (χ2v) is 5.26. The van der Waals surface area contributed by atoms with Crippen LogP contribution in [-0.4, -0.2) is 35.7 Å². The minimum atomic E-state index is -0.436. The lowest BCUT2D eigenvalue weighted by Crippen LogP contribution is -2.43. The summed E-state index contributed by atoms with van der Waals surface area (Å²) in [6, 6.07) is 13.4.